The van der Waals surface area contributed by atoms with Gasteiger partial charge in [-0.05, 0) is 43.9 Å². The second kappa shape index (κ2) is 5.17. The Morgan fingerprint density at radius 1 is 1.47 bits per heavy atom. The largest absolute Gasteiger partial charge is 0.346 e. The molecule has 0 bridgehead atoms. The van der Waals surface area contributed by atoms with Crippen molar-refractivity contribution in [2.75, 3.05) is 11.9 Å². The van der Waals surface area contributed by atoms with Gasteiger partial charge in [-0.15, -0.1) is 5.10 Å². The maximum absolute atomic E-state index is 5.90. The predicted octanol–water partition coefficient (Wildman–Crippen LogP) is 2.21. The zero-order valence-electron chi connectivity index (χ0n) is 12.1. The zero-order valence-corrected chi connectivity index (χ0v) is 12.1. The van der Waals surface area contributed by atoms with Crippen LogP contribution in [0.15, 0.2) is 18.3 Å². The number of fused-ring (bicyclic) bond motifs is 1. The lowest BCUT2D eigenvalue weighted by atomic mass is 9.91. The molecule has 2 heterocycles. The highest BCUT2D eigenvalue weighted by atomic mass is 15.4. The number of nitrogens with one attached hydrogen (secondary N) is 1. The van der Waals surface area contributed by atoms with Crippen molar-refractivity contribution in [2.24, 2.45) is 11.7 Å². The van der Waals surface area contributed by atoms with Gasteiger partial charge in [-0.2, -0.15) is 4.98 Å². The van der Waals surface area contributed by atoms with Crippen LogP contribution in [-0.2, 0) is 0 Å². The molecule has 0 radical (unpaired) electrons. The van der Waals surface area contributed by atoms with Gasteiger partial charge in [-0.25, -0.2) is 4.52 Å². The highest BCUT2D eigenvalue weighted by Gasteiger charge is 2.25. The third-order valence-corrected chi connectivity index (χ3v) is 3.22. The summed E-state index contributed by atoms with van der Waals surface area (Å²) in [6.07, 6.45) is 2.91. The lowest BCUT2D eigenvalue weighted by molar-refractivity contribution is 0.405. The normalized spacial score (nSPS) is 14.8. The fraction of sp³-hybridized carbons (Fsp3) is 0.571. The average molecular weight is 261 g/mol. The van der Waals surface area contributed by atoms with Crippen LogP contribution in [0, 0.1) is 12.8 Å². The van der Waals surface area contributed by atoms with Crippen molar-refractivity contribution in [1.82, 2.24) is 14.6 Å². The Morgan fingerprint density at radius 3 is 2.84 bits per heavy atom. The van der Waals surface area contributed by atoms with E-state index < -0.39 is 0 Å². The minimum Gasteiger partial charge on any atom is -0.346 e. The smallest absolute Gasteiger partial charge is 0.243 e. The third-order valence-electron chi connectivity index (χ3n) is 3.22. The van der Waals surface area contributed by atoms with E-state index >= 15 is 0 Å². The average Bonchev–Trinajstić information content (AvgIpc) is 2.68. The van der Waals surface area contributed by atoms with Crippen molar-refractivity contribution >= 4 is 11.6 Å². The molecule has 3 N–H and O–H groups in total. The topological polar surface area (TPSA) is 68.2 Å². The molecular formula is C14H23N5. The first-order valence-electron chi connectivity index (χ1n) is 6.73. The molecule has 2 aromatic rings. The molecule has 0 fully saturated rings. The van der Waals surface area contributed by atoms with Crippen LogP contribution in [0.1, 0.15) is 32.8 Å². The fourth-order valence-electron chi connectivity index (χ4n) is 2.39. The van der Waals surface area contributed by atoms with Gasteiger partial charge in [0.2, 0.25) is 5.95 Å². The number of anilines is 1. The summed E-state index contributed by atoms with van der Waals surface area (Å²) in [4.78, 5) is 4.50. The summed E-state index contributed by atoms with van der Waals surface area (Å²) in [6, 6.07) is 4.03. The maximum Gasteiger partial charge on any atom is 0.243 e. The highest BCUT2D eigenvalue weighted by Crippen LogP contribution is 2.20. The van der Waals surface area contributed by atoms with Crippen LogP contribution in [0.4, 0.5) is 5.95 Å². The zero-order chi connectivity index (χ0) is 14.0. The first-order valence-corrected chi connectivity index (χ1v) is 6.73. The number of hydrogen-bond donors (Lipinski definition) is 2. The van der Waals surface area contributed by atoms with E-state index in [1.54, 1.807) is 4.52 Å². The number of aromatic nitrogens is 3. The molecule has 5 nitrogen and oxygen atoms in total. The molecule has 1 unspecified atom stereocenters. The van der Waals surface area contributed by atoms with Crippen molar-refractivity contribution in [3.63, 3.8) is 0 Å². The second-order valence-electron chi connectivity index (χ2n) is 5.93. The first kappa shape index (κ1) is 13.8. The van der Waals surface area contributed by atoms with Crippen molar-refractivity contribution in [3.8, 4) is 0 Å². The van der Waals surface area contributed by atoms with Gasteiger partial charge >= 0.3 is 0 Å². The van der Waals surface area contributed by atoms with Gasteiger partial charge < -0.3 is 11.1 Å². The van der Waals surface area contributed by atoms with E-state index in [4.69, 9.17) is 5.73 Å². The summed E-state index contributed by atoms with van der Waals surface area (Å²) in [5, 5.41) is 7.81. The predicted molar refractivity (Wildman–Crippen MR) is 78.3 cm³/mol. The molecule has 0 aromatic carbocycles. The van der Waals surface area contributed by atoms with Gasteiger partial charge in [-0.1, -0.05) is 13.8 Å². The Morgan fingerprint density at radius 2 is 2.21 bits per heavy atom. The maximum atomic E-state index is 5.90. The van der Waals surface area contributed by atoms with Gasteiger partial charge in [0.1, 0.15) is 0 Å². The summed E-state index contributed by atoms with van der Waals surface area (Å²) in [6.45, 7) is 9.10. The molecule has 19 heavy (non-hydrogen) atoms. The molecule has 2 rings (SSSR count). The monoisotopic (exact) mass is 261 g/mol. The van der Waals surface area contributed by atoms with Crippen LogP contribution >= 0.6 is 0 Å². The second-order valence-corrected chi connectivity index (χ2v) is 5.93. The SMILES string of the molecule is Cc1ccn2nc(NC(C)(CN)CC(C)C)nc2c1. The number of pyridine rings is 1. The fourth-order valence-corrected chi connectivity index (χ4v) is 2.39. The molecule has 104 valence electrons. The van der Waals surface area contributed by atoms with E-state index in [2.05, 4.69) is 36.2 Å². The lowest BCUT2D eigenvalue weighted by Crippen LogP contribution is -2.44. The van der Waals surface area contributed by atoms with E-state index in [1.165, 1.54) is 5.56 Å². The Bertz CT molecular complexity index is 560. The molecule has 0 aliphatic rings. The van der Waals surface area contributed by atoms with Crippen molar-refractivity contribution in [1.29, 1.82) is 0 Å². The minimum absolute atomic E-state index is 0.172. The summed E-state index contributed by atoms with van der Waals surface area (Å²) < 4.78 is 1.78. The van der Waals surface area contributed by atoms with E-state index in [0.29, 0.717) is 18.4 Å². The quantitative estimate of drug-likeness (QED) is 0.866. The van der Waals surface area contributed by atoms with Crippen LogP contribution in [0.3, 0.4) is 0 Å². The van der Waals surface area contributed by atoms with E-state index in [0.717, 1.165) is 12.1 Å². The summed E-state index contributed by atoms with van der Waals surface area (Å²) in [5.41, 5.74) is 7.75. The first-order chi connectivity index (χ1) is 8.92. The van der Waals surface area contributed by atoms with Crippen molar-refractivity contribution in [3.05, 3.63) is 23.9 Å². The lowest BCUT2D eigenvalue weighted by Gasteiger charge is -2.30. The Hall–Kier alpha value is -1.62. The molecule has 2 aromatic heterocycles. The number of nitrogens with zero attached hydrogens (tertiary/aromatic N) is 3. The van der Waals surface area contributed by atoms with E-state index in [-0.39, 0.29) is 5.54 Å². The Labute approximate surface area is 114 Å². The summed E-state index contributed by atoms with van der Waals surface area (Å²) in [7, 11) is 0. The van der Waals surface area contributed by atoms with Gasteiger partial charge in [0.25, 0.3) is 0 Å². The number of nitrogens with two attached hydrogens (primary N) is 1. The van der Waals surface area contributed by atoms with Crippen molar-refractivity contribution < 1.29 is 0 Å². The molecule has 0 aliphatic carbocycles. The minimum atomic E-state index is -0.172. The molecule has 0 saturated heterocycles. The van der Waals surface area contributed by atoms with Gasteiger partial charge in [0.15, 0.2) is 5.65 Å². The molecular weight excluding hydrogens is 238 g/mol. The van der Waals surface area contributed by atoms with Gasteiger partial charge in [-0.3, -0.25) is 0 Å². The number of aryl methyl sites for hydroxylation is 1. The molecule has 0 amide bonds. The molecule has 0 saturated carbocycles. The van der Waals surface area contributed by atoms with Crippen LogP contribution in [0.25, 0.3) is 5.65 Å². The molecule has 5 heteroatoms. The summed E-state index contributed by atoms with van der Waals surface area (Å²) in [5.74, 6) is 1.21. The van der Waals surface area contributed by atoms with Gasteiger partial charge in [0, 0.05) is 18.3 Å². The summed E-state index contributed by atoms with van der Waals surface area (Å²) >= 11 is 0. The molecule has 0 aliphatic heterocycles. The molecule has 1 atom stereocenters. The van der Waals surface area contributed by atoms with E-state index in [9.17, 15) is 0 Å². The number of hydrogen-bond acceptors (Lipinski definition) is 4. The third kappa shape index (κ3) is 3.23. The highest BCUT2D eigenvalue weighted by molar-refractivity contribution is 5.46. The van der Waals surface area contributed by atoms with Crippen LogP contribution in [0.5, 0.6) is 0 Å². The van der Waals surface area contributed by atoms with Crippen molar-refractivity contribution in [2.45, 2.75) is 39.7 Å². The van der Waals surface area contributed by atoms with Crippen LogP contribution in [-0.4, -0.2) is 26.7 Å². The Kier molecular flexibility index (Phi) is 3.75. The van der Waals surface area contributed by atoms with Gasteiger partial charge in [0.05, 0.1) is 0 Å². The van der Waals surface area contributed by atoms with E-state index in [1.807, 2.05) is 25.3 Å². The van der Waals surface area contributed by atoms with Crippen LogP contribution in [0.2, 0.25) is 0 Å². The number of rotatable bonds is 5. The van der Waals surface area contributed by atoms with Crippen LogP contribution < -0.4 is 11.1 Å². The standard InChI is InChI=1S/C14H23N5/c1-10(2)8-14(4,9-15)17-13-16-12-7-11(3)5-6-19(12)18-13/h5-7,10H,8-9,15H2,1-4H3,(H,17,18). The molecule has 0 spiro atoms. The Balaban J connectivity index is 2.24.